The van der Waals surface area contributed by atoms with Crippen LogP contribution in [0.5, 0.6) is 0 Å². The summed E-state index contributed by atoms with van der Waals surface area (Å²) in [5.74, 6) is -0.177. The molecule has 2 saturated heterocycles. The van der Waals surface area contributed by atoms with Gasteiger partial charge in [-0.1, -0.05) is 12.1 Å². The summed E-state index contributed by atoms with van der Waals surface area (Å²) in [7, 11) is 1.72. The zero-order valence-electron chi connectivity index (χ0n) is 13.0. The van der Waals surface area contributed by atoms with Crippen LogP contribution in [-0.2, 0) is 16.0 Å². The molecule has 0 spiro atoms. The molecule has 0 N–H and O–H groups in total. The largest absolute Gasteiger partial charge is 0.383 e. The first kappa shape index (κ1) is 15.4. The summed E-state index contributed by atoms with van der Waals surface area (Å²) in [5.41, 5.74) is 0.749. The summed E-state index contributed by atoms with van der Waals surface area (Å²) in [6, 6.07) is 7.22. The molecule has 2 atom stereocenters. The number of hydrogen-bond acceptors (Lipinski definition) is 3. The van der Waals surface area contributed by atoms with Gasteiger partial charge in [-0.25, -0.2) is 4.39 Å². The molecule has 120 valence electrons. The maximum atomic E-state index is 13.2. The van der Waals surface area contributed by atoms with Crippen molar-refractivity contribution in [3.8, 4) is 0 Å². The topological polar surface area (TPSA) is 32.8 Å². The first-order chi connectivity index (χ1) is 10.7. The number of piperazine rings is 1. The Morgan fingerprint density at radius 3 is 2.68 bits per heavy atom. The lowest BCUT2D eigenvalue weighted by atomic mass is 10.1. The highest BCUT2D eigenvalue weighted by atomic mass is 19.1. The van der Waals surface area contributed by atoms with Crippen molar-refractivity contribution in [1.29, 1.82) is 0 Å². The van der Waals surface area contributed by atoms with Gasteiger partial charge in [0.15, 0.2) is 0 Å². The van der Waals surface area contributed by atoms with E-state index in [0.717, 1.165) is 44.6 Å². The normalized spacial score (nSPS) is 24.7. The van der Waals surface area contributed by atoms with Crippen LogP contribution in [0.1, 0.15) is 18.4 Å². The first-order valence-corrected chi connectivity index (χ1v) is 7.94. The smallest absolute Gasteiger partial charge is 0.227 e. The standard InChI is InChI=1S/C17H23FN2O2/c1-22-8-7-20-15-5-6-16(20)12-19(11-15)17(21)10-13-3-2-4-14(18)9-13/h2-4,9,15-16H,5-8,10-12H2,1H3. The highest BCUT2D eigenvalue weighted by molar-refractivity contribution is 5.79. The molecule has 0 radical (unpaired) electrons. The van der Waals surface area contributed by atoms with Crippen LogP contribution in [0.15, 0.2) is 24.3 Å². The molecular weight excluding hydrogens is 283 g/mol. The Kier molecular flexibility index (Phi) is 4.74. The fraction of sp³-hybridized carbons (Fsp3) is 0.588. The Morgan fingerprint density at radius 1 is 1.32 bits per heavy atom. The average molecular weight is 306 g/mol. The lowest BCUT2D eigenvalue weighted by Gasteiger charge is -2.41. The molecule has 4 nitrogen and oxygen atoms in total. The minimum atomic E-state index is -0.283. The fourth-order valence-corrected chi connectivity index (χ4v) is 3.69. The van der Waals surface area contributed by atoms with Crippen molar-refractivity contribution in [1.82, 2.24) is 9.80 Å². The Labute approximate surface area is 130 Å². The summed E-state index contributed by atoms with van der Waals surface area (Å²) in [6.45, 7) is 3.25. The lowest BCUT2D eigenvalue weighted by Crippen LogP contribution is -2.56. The fourth-order valence-electron chi connectivity index (χ4n) is 3.69. The van der Waals surface area contributed by atoms with Crippen LogP contribution in [0, 0.1) is 5.82 Å². The molecule has 0 aliphatic carbocycles. The number of methoxy groups -OCH3 is 1. The zero-order chi connectivity index (χ0) is 15.5. The number of amides is 1. The molecule has 2 heterocycles. The van der Waals surface area contributed by atoms with Crippen LogP contribution in [0.25, 0.3) is 0 Å². The van der Waals surface area contributed by atoms with Gasteiger partial charge in [-0.15, -0.1) is 0 Å². The van der Waals surface area contributed by atoms with Gasteiger partial charge in [-0.3, -0.25) is 9.69 Å². The predicted molar refractivity (Wildman–Crippen MR) is 82.1 cm³/mol. The molecule has 0 saturated carbocycles. The van der Waals surface area contributed by atoms with Gasteiger partial charge >= 0.3 is 0 Å². The lowest BCUT2D eigenvalue weighted by molar-refractivity contribution is -0.134. The minimum absolute atomic E-state index is 0.105. The van der Waals surface area contributed by atoms with Crippen LogP contribution in [-0.4, -0.2) is 61.1 Å². The van der Waals surface area contributed by atoms with Crippen LogP contribution in [0.2, 0.25) is 0 Å². The quantitative estimate of drug-likeness (QED) is 0.830. The second-order valence-electron chi connectivity index (χ2n) is 6.22. The highest BCUT2D eigenvalue weighted by Crippen LogP contribution is 2.30. The van der Waals surface area contributed by atoms with E-state index < -0.39 is 0 Å². The van der Waals surface area contributed by atoms with Gasteiger partial charge < -0.3 is 9.64 Å². The van der Waals surface area contributed by atoms with Gasteiger partial charge in [-0.05, 0) is 30.5 Å². The molecule has 2 aliphatic heterocycles. The number of carbonyl (C=O) groups is 1. The van der Waals surface area contributed by atoms with Crippen LogP contribution in [0.3, 0.4) is 0 Å². The van der Waals surface area contributed by atoms with E-state index in [1.54, 1.807) is 13.2 Å². The predicted octanol–water partition coefficient (Wildman–Crippen LogP) is 1.69. The molecule has 0 aromatic heterocycles. The third kappa shape index (κ3) is 3.31. The van der Waals surface area contributed by atoms with Gasteiger partial charge in [0.1, 0.15) is 5.82 Å². The Hall–Kier alpha value is -1.46. The van der Waals surface area contributed by atoms with Crippen LogP contribution >= 0.6 is 0 Å². The molecule has 2 aliphatic rings. The molecular formula is C17H23FN2O2. The van der Waals surface area contributed by atoms with E-state index in [1.807, 2.05) is 11.0 Å². The molecule has 1 aromatic carbocycles. The molecule has 2 bridgehead atoms. The molecule has 1 amide bonds. The molecule has 22 heavy (non-hydrogen) atoms. The SMILES string of the molecule is COCCN1C2CCC1CN(C(=O)Cc1cccc(F)c1)C2. The Bertz CT molecular complexity index is 523. The number of ether oxygens (including phenoxy) is 1. The van der Waals surface area contributed by atoms with E-state index in [-0.39, 0.29) is 18.1 Å². The maximum Gasteiger partial charge on any atom is 0.227 e. The number of likely N-dealkylation sites (tertiary alicyclic amines) is 1. The number of rotatable bonds is 5. The second kappa shape index (κ2) is 6.75. The van der Waals surface area contributed by atoms with Gasteiger partial charge in [0.05, 0.1) is 13.0 Å². The summed E-state index contributed by atoms with van der Waals surface area (Å²) >= 11 is 0. The zero-order valence-corrected chi connectivity index (χ0v) is 13.0. The van der Waals surface area contributed by atoms with Crippen LogP contribution < -0.4 is 0 Å². The third-order valence-electron chi connectivity index (χ3n) is 4.78. The van der Waals surface area contributed by atoms with Gasteiger partial charge in [-0.2, -0.15) is 0 Å². The molecule has 3 rings (SSSR count). The Balaban J connectivity index is 1.59. The monoisotopic (exact) mass is 306 g/mol. The van der Waals surface area contributed by atoms with Crippen molar-refractivity contribution in [2.24, 2.45) is 0 Å². The minimum Gasteiger partial charge on any atom is -0.383 e. The summed E-state index contributed by atoms with van der Waals surface area (Å²) in [6.07, 6.45) is 2.59. The molecule has 2 unspecified atom stereocenters. The summed E-state index contributed by atoms with van der Waals surface area (Å²) in [5, 5.41) is 0. The number of halogens is 1. The van der Waals surface area contributed by atoms with Crippen molar-refractivity contribution in [3.05, 3.63) is 35.6 Å². The van der Waals surface area contributed by atoms with Crippen molar-refractivity contribution in [2.45, 2.75) is 31.3 Å². The van der Waals surface area contributed by atoms with Gasteiger partial charge in [0, 0.05) is 38.8 Å². The van der Waals surface area contributed by atoms with Crippen molar-refractivity contribution >= 4 is 5.91 Å². The average Bonchev–Trinajstić information content (AvgIpc) is 2.73. The van der Waals surface area contributed by atoms with Crippen LogP contribution in [0.4, 0.5) is 4.39 Å². The summed E-state index contributed by atoms with van der Waals surface area (Å²) in [4.78, 5) is 16.9. The van der Waals surface area contributed by atoms with Crippen molar-refractivity contribution in [3.63, 3.8) is 0 Å². The first-order valence-electron chi connectivity index (χ1n) is 7.94. The third-order valence-corrected chi connectivity index (χ3v) is 4.78. The number of hydrogen-bond donors (Lipinski definition) is 0. The number of benzene rings is 1. The van der Waals surface area contributed by atoms with E-state index in [4.69, 9.17) is 4.74 Å². The number of fused-ring (bicyclic) bond motifs is 2. The van der Waals surface area contributed by atoms with E-state index in [9.17, 15) is 9.18 Å². The van der Waals surface area contributed by atoms with E-state index in [1.165, 1.54) is 12.1 Å². The number of carbonyl (C=O) groups excluding carboxylic acids is 1. The maximum absolute atomic E-state index is 13.2. The van der Waals surface area contributed by atoms with Crippen molar-refractivity contribution in [2.75, 3.05) is 33.4 Å². The summed E-state index contributed by atoms with van der Waals surface area (Å²) < 4.78 is 18.4. The van der Waals surface area contributed by atoms with E-state index in [2.05, 4.69) is 4.90 Å². The molecule has 2 fully saturated rings. The highest BCUT2D eigenvalue weighted by Gasteiger charge is 2.40. The molecule has 1 aromatic rings. The van der Waals surface area contributed by atoms with E-state index in [0.29, 0.717) is 12.1 Å². The van der Waals surface area contributed by atoms with Gasteiger partial charge in [0.2, 0.25) is 5.91 Å². The van der Waals surface area contributed by atoms with Crippen molar-refractivity contribution < 1.29 is 13.9 Å². The van der Waals surface area contributed by atoms with Gasteiger partial charge in [0.25, 0.3) is 0 Å². The molecule has 5 heteroatoms. The van der Waals surface area contributed by atoms with E-state index >= 15 is 0 Å². The number of nitrogens with zero attached hydrogens (tertiary/aromatic N) is 2. The Morgan fingerprint density at radius 2 is 2.05 bits per heavy atom. The second-order valence-corrected chi connectivity index (χ2v) is 6.22.